The molecule has 4 atom stereocenters. The molecule has 0 bridgehead atoms. The summed E-state index contributed by atoms with van der Waals surface area (Å²) >= 11 is 0. The van der Waals surface area contributed by atoms with Gasteiger partial charge in [-0.05, 0) is 50.4 Å². The Hall–Kier alpha value is -0.120. The predicted octanol–water partition coefficient (Wildman–Crippen LogP) is 36.1. The zero-order valence-corrected chi connectivity index (χ0v) is 72.7. The van der Waals surface area contributed by atoms with Crippen molar-refractivity contribution in [3.63, 3.8) is 0 Å². The Morgan fingerprint density at radius 1 is 0.146 bits per heavy atom. The van der Waals surface area contributed by atoms with Crippen molar-refractivity contribution in [2.45, 2.75) is 618 Å². The zero-order chi connectivity index (χ0) is 74.1. The second-order valence-corrected chi connectivity index (χ2v) is 35.4. The molecule has 0 fully saturated rings. The Labute approximate surface area is 654 Å². The van der Waals surface area contributed by atoms with E-state index in [1.165, 1.54) is 552 Å². The SMILES string of the molecule is CCCCCCCCCCCCCCCCC(CCCCCCCCCCCCCCCCCOCCCCCCCCCCCCCCCCCC(CCCCCCCCCCCCCCCC)CC(O)CCCCCCCCCCCCCC)CC(O)CCCCCCCCCCCCCC. The van der Waals surface area contributed by atoms with E-state index in [9.17, 15) is 10.2 Å². The van der Waals surface area contributed by atoms with Crippen molar-refractivity contribution in [1.29, 1.82) is 0 Å². The fourth-order valence-corrected chi connectivity index (χ4v) is 17.4. The van der Waals surface area contributed by atoms with E-state index in [0.29, 0.717) is 0 Å². The van der Waals surface area contributed by atoms with E-state index >= 15 is 0 Å². The Kier molecular flexibility index (Phi) is 94.1. The summed E-state index contributed by atoms with van der Waals surface area (Å²) < 4.78 is 6.05. The van der Waals surface area contributed by atoms with Crippen molar-refractivity contribution in [2.24, 2.45) is 11.8 Å². The van der Waals surface area contributed by atoms with Crippen LogP contribution in [0.5, 0.6) is 0 Å². The van der Waals surface area contributed by atoms with Gasteiger partial charge in [-0.25, -0.2) is 0 Å². The van der Waals surface area contributed by atoms with Gasteiger partial charge in [-0.15, -0.1) is 0 Å². The molecule has 620 valence electrons. The van der Waals surface area contributed by atoms with Crippen molar-refractivity contribution >= 4 is 0 Å². The molecule has 0 saturated carbocycles. The minimum Gasteiger partial charge on any atom is -0.393 e. The summed E-state index contributed by atoms with van der Waals surface area (Å²) in [6.45, 7) is 11.2. The van der Waals surface area contributed by atoms with Crippen LogP contribution in [0.2, 0.25) is 0 Å². The van der Waals surface area contributed by atoms with E-state index in [1.807, 2.05) is 0 Å². The average Bonchev–Trinajstić information content (AvgIpc) is 2.22. The molecule has 0 aliphatic rings. The molecule has 0 saturated heterocycles. The van der Waals surface area contributed by atoms with E-state index in [2.05, 4.69) is 27.7 Å². The standard InChI is InChI=1S/C100H202O3/c1-5-9-13-17-21-25-29-33-41-47-55-63-71-79-87-97(95-99(101)91-83-75-67-59-51-31-27-23-19-15-11-7-3)89-81-73-65-57-49-43-37-35-39-45-53-61-69-77-85-93-103-94-86-78-70-62-54-46-40-36-38-44-50-58-66-74-82-90-98(88-80-72-64-56-48-42-34-30-26-22-18-14-10-6-2)96-100(102)92-84-76-68-60-52-32-28-24-20-16-12-8-4/h97-102H,5-96H2,1-4H3. The van der Waals surface area contributed by atoms with Crippen LogP contribution in [-0.2, 0) is 4.74 Å². The van der Waals surface area contributed by atoms with Crippen molar-refractivity contribution in [1.82, 2.24) is 0 Å². The smallest absolute Gasteiger partial charge is 0.0542 e. The van der Waals surface area contributed by atoms with Gasteiger partial charge in [-0.1, -0.05) is 567 Å². The van der Waals surface area contributed by atoms with E-state index in [0.717, 1.165) is 50.7 Å². The molecule has 3 heteroatoms. The molecular weight excluding hydrogens is 1250 g/mol. The van der Waals surface area contributed by atoms with Crippen LogP contribution in [0.4, 0.5) is 0 Å². The first kappa shape index (κ1) is 103. The van der Waals surface area contributed by atoms with Gasteiger partial charge in [0, 0.05) is 13.2 Å². The molecule has 4 unspecified atom stereocenters. The molecule has 2 N–H and O–H groups in total. The van der Waals surface area contributed by atoms with Crippen LogP contribution >= 0.6 is 0 Å². The highest BCUT2D eigenvalue weighted by Crippen LogP contribution is 2.29. The molecule has 0 aliphatic heterocycles. The molecule has 0 aromatic carbocycles. The van der Waals surface area contributed by atoms with Gasteiger partial charge in [-0.2, -0.15) is 0 Å². The van der Waals surface area contributed by atoms with Crippen LogP contribution in [-0.4, -0.2) is 35.6 Å². The molecule has 0 amide bonds. The number of aliphatic hydroxyl groups excluding tert-OH is 2. The molecule has 0 aromatic rings. The van der Waals surface area contributed by atoms with Crippen LogP contribution in [0.1, 0.15) is 606 Å². The minimum absolute atomic E-state index is 0.0669. The van der Waals surface area contributed by atoms with Crippen LogP contribution in [0.3, 0.4) is 0 Å². The third-order valence-corrected chi connectivity index (χ3v) is 24.7. The van der Waals surface area contributed by atoms with E-state index in [-0.39, 0.29) is 12.2 Å². The molecule has 0 spiro atoms. The van der Waals surface area contributed by atoms with E-state index < -0.39 is 0 Å². The van der Waals surface area contributed by atoms with Crippen molar-refractivity contribution in [2.75, 3.05) is 13.2 Å². The second kappa shape index (κ2) is 94.3. The maximum atomic E-state index is 11.2. The average molecular weight is 1450 g/mol. The fraction of sp³-hybridized carbons (Fsp3) is 1.00. The molecule has 0 heterocycles. The summed E-state index contributed by atoms with van der Waals surface area (Å²) in [5.41, 5.74) is 0. The Morgan fingerprint density at radius 2 is 0.262 bits per heavy atom. The van der Waals surface area contributed by atoms with Crippen LogP contribution in [0, 0.1) is 11.8 Å². The van der Waals surface area contributed by atoms with Gasteiger partial charge < -0.3 is 14.9 Å². The highest BCUT2D eigenvalue weighted by Gasteiger charge is 2.17. The maximum Gasteiger partial charge on any atom is 0.0542 e. The largest absolute Gasteiger partial charge is 0.393 e. The summed E-state index contributed by atoms with van der Waals surface area (Å²) in [5.74, 6) is 1.49. The molecule has 0 aliphatic carbocycles. The Balaban J connectivity index is 3.94. The first-order chi connectivity index (χ1) is 51.1. The second-order valence-electron chi connectivity index (χ2n) is 35.4. The molecule has 3 nitrogen and oxygen atoms in total. The molecular formula is C100H202O3. The molecule has 0 rings (SSSR count). The number of hydrogen-bond donors (Lipinski definition) is 2. The predicted molar refractivity (Wildman–Crippen MR) is 468 cm³/mol. The van der Waals surface area contributed by atoms with Gasteiger partial charge >= 0.3 is 0 Å². The lowest BCUT2D eigenvalue weighted by molar-refractivity contribution is 0.123. The fourth-order valence-electron chi connectivity index (χ4n) is 17.4. The number of unbranched alkanes of at least 4 members (excludes halogenated alkanes) is 76. The Morgan fingerprint density at radius 3 is 0.408 bits per heavy atom. The number of rotatable bonds is 96. The minimum atomic E-state index is -0.0669. The summed E-state index contributed by atoms with van der Waals surface area (Å²) in [6.07, 6.45) is 126. The van der Waals surface area contributed by atoms with Gasteiger partial charge in [0.15, 0.2) is 0 Å². The number of ether oxygens (including phenoxy) is 1. The normalized spacial score (nSPS) is 13.1. The highest BCUT2D eigenvalue weighted by molar-refractivity contribution is 4.70. The monoisotopic (exact) mass is 1450 g/mol. The molecule has 0 aromatic heterocycles. The third-order valence-electron chi connectivity index (χ3n) is 24.7. The van der Waals surface area contributed by atoms with Crippen molar-refractivity contribution in [3.8, 4) is 0 Å². The third kappa shape index (κ3) is 90.7. The summed E-state index contributed by atoms with van der Waals surface area (Å²) in [4.78, 5) is 0. The summed E-state index contributed by atoms with van der Waals surface area (Å²) in [6, 6.07) is 0. The summed E-state index contributed by atoms with van der Waals surface area (Å²) in [5, 5.41) is 22.4. The summed E-state index contributed by atoms with van der Waals surface area (Å²) in [7, 11) is 0. The highest BCUT2D eigenvalue weighted by atomic mass is 16.5. The van der Waals surface area contributed by atoms with Crippen molar-refractivity contribution in [3.05, 3.63) is 0 Å². The number of aliphatic hydroxyl groups is 2. The van der Waals surface area contributed by atoms with Gasteiger partial charge in [0.05, 0.1) is 12.2 Å². The maximum absolute atomic E-state index is 11.2. The first-order valence-corrected chi connectivity index (χ1v) is 50.0. The van der Waals surface area contributed by atoms with Crippen molar-refractivity contribution < 1.29 is 14.9 Å². The lowest BCUT2D eigenvalue weighted by Crippen LogP contribution is -2.14. The van der Waals surface area contributed by atoms with Crippen LogP contribution in [0.15, 0.2) is 0 Å². The Bertz CT molecular complexity index is 1330. The molecule has 103 heavy (non-hydrogen) atoms. The quantitative estimate of drug-likeness (QED) is 0.0597. The number of hydrogen-bond acceptors (Lipinski definition) is 3. The lowest BCUT2D eigenvalue weighted by Gasteiger charge is -2.21. The zero-order valence-electron chi connectivity index (χ0n) is 72.7. The van der Waals surface area contributed by atoms with Crippen LogP contribution in [0.25, 0.3) is 0 Å². The van der Waals surface area contributed by atoms with Gasteiger partial charge in [0.2, 0.25) is 0 Å². The topological polar surface area (TPSA) is 49.7 Å². The van der Waals surface area contributed by atoms with E-state index in [1.54, 1.807) is 0 Å². The van der Waals surface area contributed by atoms with Crippen LogP contribution < -0.4 is 0 Å². The first-order valence-electron chi connectivity index (χ1n) is 50.0. The van der Waals surface area contributed by atoms with Gasteiger partial charge in [0.25, 0.3) is 0 Å². The molecule has 0 radical (unpaired) electrons. The van der Waals surface area contributed by atoms with Gasteiger partial charge in [0.1, 0.15) is 0 Å². The van der Waals surface area contributed by atoms with E-state index in [4.69, 9.17) is 4.74 Å². The van der Waals surface area contributed by atoms with Gasteiger partial charge in [-0.3, -0.25) is 0 Å². The lowest BCUT2D eigenvalue weighted by atomic mass is 9.88.